The van der Waals surface area contributed by atoms with Crippen LogP contribution in [0.2, 0.25) is 25.7 Å². The van der Waals surface area contributed by atoms with E-state index in [4.69, 9.17) is 24.7 Å². The Morgan fingerprint density at radius 2 is 1.84 bits per heavy atom. The summed E-state index contributed by atoms with van der Waals surface area (Å²) in [5.41, 5.74) is 8.47. The Labute approximate surface area is 303 Å². The molecular weight excluding hydrogens is 647 g/mol. The second kappa shape index (κ2) is 24.8. The third-order valence-corrected chi connectivity index (χ3v) is 9.85. The number of esters is 1. The van der Waals surface area contributed by atoms with E-state index in [-0.39, 0.29) is 48.7 Å². The Morgan fingerprint density at radius 3 is 2.52 bits per heavy atom. The summed E-state index contributed by atoms with van der Waals surface area (Å²) in [7, 11) is -1.20. The van der Waals surface area contributed by atoms with Crippen molar-refractivity contribution >= 4 is 25.9 Å². The summed E-state index contributed by atoms with van der Waals surface area (Å²) < 4.78 is 23.4. The fourth-order valence-corrected chi connectivity index (χ4v) is 6.00. The molecular formula is C41H65NO7Si. The number of rotatable bonds is 13. The third-order valence-electron chi connectivity index (χ3n) is 8.15. The van der Waals surface area contributed by atoms with Gasteiger partial charge in [-0.25, -0.2) is 9.59 Å². The molecule has 1 aliphatic rings. The SMILES string of the molecule is CC(C)=CC(=O)C/C=C/C(C)=C/[C@@H](C)C1C/C(C)=C/C=C/CC[C@@H](OC(N)=O)[C@H](C)/C=C/[C@H](OCOCC[Si](C)(C)C)CCC/C=C/C(=O)O1. The molecule has 0 fully saturated rings. The van der Waals surface area contributed by atoms with Gasteiger partial charge in [0.2, 0.25) is 0 Å². The predicted molar refractivity (Wildman–Crippen MR) is 207 cm³/mol. The highest BCUT2D eigenvalue weighted by molar-refractivity contribution is 6.76. The summed E-state index contributed by atoms with van der Waals surface area (Å²) in [5.74, 6) is -0.440. The highest BCUT2D eigenvalue weighted by Crippen LogP contribution is 2.22. The van der Waals surface area contributed by atoms with Crippen molar-refractivity contribution in [2.75, 3.05) is 13.4 Å². The molecule has 9 heteroatoms. The van der Waals surface area contributed by atoms with Crippen LogP contribution in [0.5, 0.6) is 0 Å². The lowest BCUT2D eigenvalue weighted by Gasteiger charge is -2.22. The number of hydrogen-bond donors (Lipinski definition) is 1. The Hall–Kier alpha value is -3.27. The van der Waals surface area contributed by atoms with Crippen LogP contribution in [0.15, 0.2) is 83.6 Å². The first-order valence-electron chi connectivity index (χ1n) is 18.1. The quantitative estimate of drug-likeness (QED) is 0.0385. The first-order valence-corrected chi connectivity index (χ1v) is 21.8. The van der Waals surface area contributed by atoms with E-state index < -0.39 is 14.2 Å². The number of cyclic esters (lactones) is 1. The Morgan fingerprint density at radius 1 is 1.10 bits per heavy atom. The zero-order valence-electron chi connectivity index (χ0n) is 32.2. The molecule has 0 aliphatic carbocycles. The number of ketones is 1. The highest BCUT2D eigenvalue weighted by atomic mass is 28.3. The predicted octanol–water partition coefficient (Wildman–Crippen LogP) is 9.73. The van der Waals surface area contributed by atoms with Gasteiger partial charge in [0.1, 0.15) is 19.0 Å². The summed E-state index contributed by atoms with van der Waals surface area (Å²) in [6, 6.07) is 1.07. The number of carbonyl (C=O) groups excluding carboxylic acids is 3. The molecule has 0 saturated carbocycles. The van der Waals surface area contributed by atoms with Gasteiger partial charge in [0.05, 0.1) is 6.10 Å². The largest absolute Gasteiger partial charge is 0.458 e. The minimum absolute atomic E-state index is 0.0680. The van der Waals surface area contributed by atoms with Crippen LogP contribution >= 0.6 is 0 Å². The Kier molecular flexibility index (Phi) is 22.2. The number of allylic oxidation sites excluding steroid dienone is 9. The number of carbonyl (C=O) groups is 3. The maximum atomic E-state index is 13.0. The van der Waals surface area contributed by atoms with Gasteiger partial charge in [-0.2, -0.15) is 0 Å². The van der Waals surface area contributed by atoms with Gasteiger partial charge in [-0.15, -0.1) is 0 Å². The number of ether oxygens (including phenoxy) is 4. The van der Waals surface area contributed by atoms with Crippen molar-refractivity contribution < 1.29 is 33.3 Å². The highest BCUT2D eigenvalue weighted by Gasteiger charge is 2.21. The molecule has 0 radical (unpaired) electrons. The van der Waals surface area contributed by atoms with E-state index in [9.17, 15) is 14.4 Å². The van der Waals surface area contributed by atoms with Gasteiger partial charge in [0.15, 0.2) is 5.78 Å². The van der Waals surface area contributed by atoms with Crippen LogP contribution in [0.4, 0.5) is 4.79 Å². The molecule has 2 N–H and O–H groups in total. The van der Waals surface area contributed by atoms with E-state index in [1.807, 2.05) is 90.2 Å². The fourth-order valence-electron chi connectivity index (χ4n) is 5.24. The molecule has 0 saturated heterocycles. The summed E-state index contributed by atoms with van der Waals surface area (Å²) in [6.45, 7) is 19.7. The molecule has 1 unspecified atom stereocenters. The Bertz CT molecular complexity index is 1260. The van der Waals surface area contributed by atoms with Gasteiger partial charge in [0, 0.05) is 45.4 Å². The fraction of sp³-hybridized carbons (Fsp3) is 0.585. The maximum Gasteiger partial charge on any atom is 0.404 e. The molecule has 0 aromatic heterocycles. The smallest absolute Gasteiger partial charge is 0.404 e. The van der Waals surface area contributed by atoms with Crippen LogP contribution < -0.4 is 5.73 Å². The molecule has 1 amide bonds. The first kappa shape index (κ1) is 44.7. The Balaban J connectivity index is 3.15. The monoisotopic (exact) mass is 711 g/mol. The van der Waals surface area contributed by atoms with Crippen molar-refractivity contribution in [3.8, 4) is 0 Å². The van der Waals surface area contributed by atoms with E-state index in [1.165, 1.54) is 6.08 Å². The van der Waals surface area contributed by atoms with Crippen LogP contribution in [-0.4, -0.2) is 57.6 Å². The standard InChI is InChI=1S/C41H65NO7Si/c1-31(2)27-36(43)19-16-18-32(3)28-35(6)39-29-33(4)17-12-10-14-21-38(49-41(42)45)34(5)23-24-37(20-13-11-15-22-40(44)48-39)47-30-46-25-26-50(7,8)9/h10,12,15-18,22-24,27-28,34-35,37-39H,11,13-14,19-21,25-26,29-30H2,1-9H3,(H2,42,45)/b12-10+,18-16+,22-15+,24-23+,32-28+,33-17+/t34-,35-,37-,38-,39?/m1/s1. The van der Waals surface area contributed by atoms with Crippen LogP contribution in [-0.2, 0) is 28.5 Å². The summed E-state index contributed by atoms with van der Waals surface area (Å²) in [6.07, 6.45) is 23.7. The normalized spacial score (nSPS) is 25.7. The molecule has 0 aromatic rings. The van der Waals surface area contributed by atoms with Crippen LogP contribution in [0.25, 0.3) is 0 Å². The van der Waals surface area contributed by atoms with E-state index in [0.29, 0.717) is 38.7 Å². The van der Waals surface area contributed by atoms with Crippen LogP contribution in [0, 0.1) is 11.8 Å². The molecule has 50 heavy (non-hydrogen) atoms. The summed E-state index contributed by atoms with van der Waals surface area (Å²) >= 11 is 0. The number of hydrogen-bond acceptors (Lipinski definition) is 7. The van der Waals surface area contributed by atoms with Crippen LogP contribution in [0.3, 0.4) is 0 Å². The molecule has 280 valence electrons. The van der Waals surface area contributed by atoms with Crippen molar-refractivity contribution in [1.82, 2.24) is 0 Å². The molecule has 0 bridgehead atoms. The topological polar surface area (TPSA) is 114 Å². The lowest BCUT2D eigenvalue weighted by molar-refractivity contribution is -0.144. The van der Waals surface area contributed by atoms with Crippen molar-refractivity contribution in [3.05, 3.63) is 83.6 Å². The maximum absolute atomic E-state index is 13.0. The second-order valence-electron chi connectivity index (χ2n) is 14.9. The van der Waals surface area contributed by atoms with Crippen molar-refractivity contribution in [1.29, 1.82) is 0 Å². The molecule has 8 nitrogen and oxygen atoms in total. The van der Waals surface area contributed by atoms with Crippen molar-refractivity contribution in [3.63, 3.8) is 0 Å². The van der Waals surface area contributed by atoms with Gasteiger partial charge in [0.25, 0.3) is 0 Å². The van der Waals surface area contributed by atoms with Gasteiger partial charge in [-0.3, -0.25) is 4.79 Å². The molecule has 1 rings (SSSR count). The minimum Gasteiger partial charge on any atom is -0.458 e. The van der Waals surface area contributed by atoms with Gasteiger partial charge >= 0.3 is 12.1 Å². The van der Waals surface area contributed by atoms with E-state index in [2.05, 4.69) is 25.7 Å². The zero-order valence-corrected chi connectivity index (χ0v) is 33.2. The first-order chi connectivity index (χ1) is 23.6. The minimum atomic E-state index is -1.20. The van der Waals surface area contributed by atoms with Gasteiger partial charge in [-0.1, -0.05) is 105 Å². The third kappa shape index (κ3) is 23.2. The average molecular weight is 712 g/mol. The van der Waals surface area contributed by atoms with Crippen molar-refractivity contribution in [2.45, 2.75) is 130 Å². The van der Waals surface area contributed by atoms with E-state index in [1.54, 1.807) is 6.08 Å². The lowest BCUT2D eigenvalue weighted by Crippen LogP contribution is -2.27. The zero-order chi connectivity index (χ0) is 37.5. The summed E-state index contributed by atoms with van der Waals surface area (Å²) in [5, 5.41) is 0. The van der Waals surface area contributed by atoms with Crippen molar-refractivity contribution in [2.24, 2.45) is 17.6 Å². The van der Waals surface area contributed by atoms with Gasteiger partial charge < -0.3 is 24.7 Å². The molecule has 0 spiro atoms. The molecule has 1 heterocycles. The number of primary amides is 1. The molecule has 5 atom stereocenters. The van der Waals surface area contributed by atoms with E-state index in [0.717, 1.165) is 35.6 Å². The molecule has 1 aliphatic heterocycles. The average Bonchev–Trinajstić information content (AvgIpc) is 3.00. The summed E-state index contributed by atoms with van der Waals surface area (Å²) in [4.78, 5) is 36.7. The van der Waals surface area contributed by atoms with Gasteiger partial charge in [-0.05, 0) is 71.9 Å². The second-order valence-corrected chi connectivity index (χ2v) is 20.5. The number of nitrogens with two attached hydrogens (primary N) is 1. The van der Waals surface area contributed by atoms with E-state index >= 15 is 0 Å². The number of amides is 1. The van der Waals surface area contributed by atoms with Crippen LogP contribution in [0.1, 0.15) is 86.5 Å². The lowest BCUT2D eigenvalue weighted by atomic mass is 9.95. The molecule has 0 aromatic carbocycles.